The molecule has 88 valence electrons. The Morgan fingerprint density at radius 1 is 1.60 bits per heavy atom. The number of aliphatic carboxylic acids is 1. The van der Waals surface area contributed by atoms with E-state index in [9.17, 15) is 18.0 Å². The minimum Gasteiger partial charge on any atom is -0.481 e. The summed E-state index contributed by atoms with van der Waals surface area (Å²) in [7, 11) is 0. The minimum atomic E-state index is -4.67. The van der Waals surface area contributed by atoms with Gasteiger partial charge in [0.25, 0.3) is 0 Å². The molecule has 1 rings (SSSR count). The molecule has 3 unspecified atom stereocenters. The summed E-state index contributed by atoms with van der Waals surface area (Å²) in [6.45, 7) is 1.44. The predicted molar refractivity (Wildman–Crippen MR) is 47.4 cm³/mol. The van der Waals surface area contributed by atoms with Crippen LogP contribution in [0.25, 0.3) is 0 Å². The topological polar surface area (TPSA) is 49.3 Å². The van der Waals surface area contributed by atoms with Crippen molar-refractivity contribution in [3.63, 3.8) is 0 Å². The molecule has 0 spiro atoms. The maximum atomic E-state index is 12.2. The number of rotatable bonds is 5. The zero-order valence-corrected chi connectivity index (χ0v) is 8.34. The van der Waals surface area contributed by atoms with Crippen LogP contribution in [0.1, 0.15) is 19.8 Å². The Kier molecular flexibility index (Phi) is 3.59. The summed E-state index contributed by atoms with van der Waals surface area (Å²) in [4.78, 5) is 10.4. The third-order valence-corrected chi connectivity index (χ3v) is 2.72. The molecular weight excluding hydrogens is 211 g/mol. The second-order valence-electron chi connectivity index (χ2n) is 3.85. The van der Waals surface area contributed by atoms with Gasteiger partial charge in [0, 0.05) is 12.6 Å². The number of carboxylic acids is 1. The molecule has 0 amide bonds. The zero-order chi connectivity index (χ0) is 11.6. The Hall–Kier alpha value is -0.780. The molecule has 1 saturated carbocycles. The first-order valence-corrected chi connectivity index (χ1v) is 4.89. The number of hydrogen-bond acceptors (Lipinski definition) is 2. The Morgan fingerprint density at radius 2 is 2.20 bits per heavy atom. The van der Waals surface area contributed by atoms with Crippen LogP contribution in [0, 0.1) is 11.8 Å². The van der Waals surface area contributed by atoms with Gasteiger partial charge in [0.1, 0.15) is 0 Å². The van der Waals surface area contributed by atoms with Crippen LogP contribution in [0.3, 0.4) is 0 Å². The molecule has 1 aliphatic carbocycles. The lowest BCUT2D eigenvalue weighted by atomic mass is 10.1. The molecule has 0 radical (unpaired) electrons. The summed E-state index contributed by atoms with van der Waals surface area (Å²) in [5.41, 5.74) is 0. The van der Waals surface area contributed by atoms with Crippen molar-refractivity contribution in [3.05, 3.63) is 0 Å². The minimum absolute atomic E-state index is 0.0687. The van der Waals surface area contributed by atoms with Gasteiger partial charge in [0.15, 0.2) is 5.92 Å². The first-order chi connectivity index (χ1) is 6.86. The highest BCUT2D eigenvalue weighted by atomic mass is 19.4. The standard InChI is InChI=1S/C9H14F3NO2/c1-2-5-3-7(5)13-4-6(8(14)15)9(10,11)12/h5-7,13H,2-4H2,1H3,(H,14,15). The summed E-state index contributed by atoms with van der Waals surface area (Å²) in [5.74, 6) is -3.70. The highest BCUT2D eigenvalue weighted by Gasteiger charge is 2.46. The van der Waals surface area contributed by atoms with Gasteiger partial charge < -0.3 is 10.4 Å². The number of nitrogens with one attached hydrogen (secondary N) is 1. The van der Waals surface area contributed by atoms with Crippen LogP contribution in [0.2, 0.25) is 0 Å². The Balaban J connectivity index is 2.37. The molecule has 0 aliphatic heterocycles. The lowest BCUT2D eigenvalue weighted by Crippen LogP contribution is -2.40. The number of hydrogen-bond donors (Lipinski definition) is 2. The highest BCUT2D eigenvalue weighted by molar-refractivity contribution is 5.71. The van der Waals surface area contributed by atoms with Crippen LogP contribution < -0.4 is 5.32 Å². The first kappa shape index (κ1) is 12.3. The molecule has 3 atom stereocenters. The molecule has 2 N–H and O–H groups in total. The van der Waals surface area contributed by atoms with Crippen molar-refractivity contribution in [2.75, 3.05) is 6.54 Å². The number of carbonyl (C=O) groups is 1. The van der Waals surface area contributed by atoms with Gasteiger partial charge in [-0.2, -0.15) is 13.2 Å². The molecule has 0 aromatic heterocycles. The van der Waals surface area contributed by atoms with Gasteiger partial charge in [0.2, 0.25) is 0 Å². The van der Waals surface area contributed by atoms with Crippen molar-refractivity contribution < 1.29 is 23.1 Å². The first-order valence-electron chi connectivity index (χ1n) is 4.89. The molecule has 0 saturated heterocycles. The van der Waals surface area contributed by atoms with Gasteiger partial charge in [-0.15, -0.1) is 0 Å². The maximum Gasteiger partial charge on any atom is 0.403 e. The fourth-order valence-corrected chi connectivity index (χ4v) is 1.56. The number of carboxylic acid groups (broad SMARTS) is 1. The van der Waals surface area contributed by atoms with E-state index in [2.05, 4.69) is 5.32 Å². The fraction of sp³-hybridized carbons (Fsp3) is 0.889. The third-order valence-electron chi connectivity index (χ3n) is 2.72. The second-order valence-corrected chi connectivity index (χ2v) is 3.85. The molecule has 0 aromatic carbocycles. The smallest absolute Gasteiger partial charge is 0.403 e. The van der Waals surface area contributed by atoms with Crippen LogP contribution in [0.5, 0.6) is 0 Å². The Labute approximate surface area is 85.7 Å². The fourth-order valence-electron chi connectivity index (χ4n) is 1.56. The molecular formula is C9H14F3NO2. The van der Waals surface area contributed by atoms with Gasteiger partial charge in [-0.05, 0) is 12.3 Å². The third kappa shape index (κ3) is 3.37. The van der Waals surface area contributed by atoms with Crippen LogP contribution in [0.15, 0.2) is 0 Å². The summed E-state index contributed by atoms with van der Waals surface area (Å²) >= 11 is 0. The normalized spacial score (nSPS) is 27.5. The molecule has 15 heavy (non-hydrogen) atoms. The largest absolute Gasteiger partial charge is 0.481 e. The van der Waals surface area contributed by atoms with Crippen molar-refractivity contribution >= 4 is 5.97 Å². The number of halogens is 3. The van der Waals surface area contributed by atoms with E-state index in [0.717, 1.165) is 12.8 Å². The molecule has 3 nitrogen and oxygen atoms in total. The average molecular weight is 225 g/mol. The predicted octanol–water partition coefficient (Wildman–Crippen LogP) is 1.64. The van der Waals surface area contributed by atoms with Crippen molar-refractivity contribution in [1.82, 2.24) is 5.32 Å². The van der Waals surface area contributed by atoms with Gasteiger partial charge in [0.05, 0.1) is 0 Å². The van der Waals surface area contributed by atoms with E-state index < -0.39 is 24.6 Å². The van der Waals surface area contributed by atoms with Gasteiger partial charge in [-0.1, -0.05) is 13.3 Å². The molecule has 6 heteroatoms. The Bertz CT molecular complexity index is 242. The van der Waals surface area contributed by atoms with E-state index in [1.165, 1.54) is 0 Å². The van der Waals surface area contributed by atoms with E-state index in [0.29, 0.717) is 5.92 Å². The van der Waals surface area contributed by atoms with E-state index in [4.69, 9.17) is 5.11 Å². The zero-order valence-electron chi connectivity index (χ0n) is 8.34. The molecule has 0 bridgehead atoms. The molecule has 0 aromatic rings. The summed E-state index contributed by atoms with van der Waals surface area (Å²) in [5, 5.41) is 11.1. The quantitative estimate of drug-likeness (QED) is 0.747. The van der Waals surface area contributed by atoms with Crippen LogP contribution in [0.4, 0.5) is 13.2 Å². The van der Waals surface area contributed by atoms with Gasteiger partial charge in [-0.25, -0.2) is 0 Å². The SMILES string of the molecule is CCC1CC1NCC(C(=O)O)C(F)(F)F. The lowest BCUT2D eigenvalue weighted by molar-refractivity contribution is -0.192. The molecule has 1 aliphatic rings. The van der Waals surface area contributed by atoms with Crippen LogP contribution >= 0.6 is 0 Å². The maximum absolute atomic E-state index is 12.2. The summed E-state index contributed by atoms with van der Waals surface area (Å²) < 4.78 is 36.6. The molecule has 1 fully saturated rings. The second kappa shape index (κ2) is 4.38. The van der Waals surface area contributed by atoms with Crippen molar-refractivity contribution in [2.24, 2.45) is 11.8 Å². The highest BCUT2D eigenvalue weighted by Crippen LogP contribution is 2.34. The lowest BCUT2D eigenvalue weighted by Gasteiger charge is -2.16. The van der Waals surface area contributed by atoms with Crippen molar-refractivity contribution in [3.8, 4) is 0 Å². The van der Waals surface area contributed by atoms with E-state index in [1.54, 1.807) is 0 Å². The number of alkyl halides is 3. The van der Waals surface area contributed by atoms with Crippen LogP contribution in [-0.4, -0.2) is 29.8 Å². The van der Waals surface area contributed by atoms with Crippen molar-refractivity contribution in [1.29, 1.82) is 0 Å². The summed E-state index contributed by atoms with van der Waals surface area (Å²) in [6.07, 6.45) is -2.91. The van der Waals surface area contributed by atoms with E-state index >= 15 is 0 Å². The van der Waals surface area contributed by atoms with Crippen molar-refractivity contribution in [2.45, 2.75) is 32.0 Å². The monoisotopic (exact) mass is 225 g/mol. The average Bonchev–Trinajstić information content (AvgIpc) is 2.80. The van der Waals surface area contributed by atoms with Gasteiger partial charge in [-0.3, -0.25) is 4.79 Å². The Morgan fingerprint density at radius 3 is 2.53 bits per heavy atom. The summed E-state index contributed by atoms with van der Waals surface area (Å²) in [6, 6.07) is 0.0687. The van der Waals surface area contributed by atoms with E-state index in [-0.39, 0.29) is 6.04 Å². The van der Waals surface area contributed by atoms with Crippen LogP contribution in [-0.2, 0) is 4.79 Å². The van der Waals surface area contributed by atoms with E-state index in [1.807, 2.05) is 6.92 Å². The molecule has 0 heterocycles. The van der Waals surface area contributed by atoms with Gasteiger partial charge >= 0.3 is 12.1 Å².